The lowest BCUT2D eigenvalue weighted by Crippen LogP contribution is -2.53. The van der Waals surface area contributed by atoms with Gasteiger partial charge in [-0.05, 0) is 25.3 Å². The van der Waals surface area contributed by atoms with E-state index in [4.69, 9.17) is 15.2 Å². The molecule has 1 saturated heterocycles. The molecule has 2 rings (SSSR count). The van der Waals surface area contributed by atoms with Gasteiger partial charge in [-0.2, -0.15) is 0 Å². The fourth-order valence-corrected chi connectivity index (χ4v) is 2.62. The number of nitrogens with two attached hydrogens (primary N) is 1. The van der Waals surface area contributed by atoms with Crippen LogP contribution in [0, 0.1) is 0 Å². The van der Waals surface area contributed by atoms with Gasteiger partial charge in [0, 0.05) is 18.6 Å². The maximum Gasteiger partial charge on any atom is 0.410 e. The Morgan fingerprint density at radius 2 is 1.79 bits per heavy atom. The van der Waals surface area contributed by atoms with Crippen molar-refractivity contribution in [3.63, 3.8) is 0 Å². The molecule has 24 heavy (non-hydrogen) atoms. The normalized spacial score (nSPS) is 16.0. The molecule has 134 valence electrons. The van der Waals surface area contributed by atoms with Crippen LogP contribution < -0.4 is 5.73 Å². The lowest BCUT2D eigenvalue weighted by atomic mass is 9.85. The highest BCUT2D eigenvalue weighted by atomic mass is 35.5. The van der Waals surface area contributed by atoms with Crippen LogP contribution in [0.25, 0.3) is 0 Å². The molecule has 1 aliphatic rings. The highest BCUT2D eigenvalue weighted by Gasteiger charge is 2.35. The Morgan fingerprint density at radius 3 is 2.38 bits per heavy atom. The quantitative estimate of drug-likeness (QED) is 0.819. The lowest BCUT2D eigenvalue weighted by molar-refractivity contribution is -0.144. The molecule has 6 nitrogen and oxygen atoms in total. The van der Waals surface area contributed by atoms with E-state index in [9.17, 15) is 9.59 Å². The summed E-state index contributed by atoms with van der Waals surface area (Å²) in [6.07, 6.45) is 0.971. The van der Waals surface area contributed by atoms with E-state index in [-0.39, 0.29) is 37.5 Å². The van der Waals surface area contributed by atoms with Crippen molar-refractivity contribution in [1.82, 2.24) is 4.90 Å². The average molecular weight is 357 g/mol. The van der Waals surface area contributed by atoms with Gasteiger partial charge in [0.15, 0.2) is 0 Å². The van der Waals surface area contributed by atoms with Gasteiger partial charge in [-0.1, -0.05) is 30.3 Å². The molecule has 2 N–H and O–H groups in total. The number of hydrogen-bond donors (Lipinski definition) is 1. The van der Waals surface area contributed by atoms with E-state index >= 15 is 0 Å². The Kier molecular flexibility index (Phi) is 8.01. The van der Waals surface area contributed by atoms with Crippen molar-refractivity contribution in [2.75, 3.05) is 19.7 Å². The van der Waals surface area contributed by atoms with E-state index in [1.165, 1.54) is 0 Å². The molecule has 1 aromatic rings. The first-order chi connectivity index (χ1) is 11.0. The Morgan fingerprint density at radius 1 is 1.17 bits per heavy atom. The molecule has 1 aliphatic heterocycles. The van der Waals surface area contributed by atoms with Gasteiger partial charge in [0.05, 0.1) is 13.0 Å². The summed E-state index contributed by atoms with van der Waals surface area (Å²) in [4.78, 5) is 25.3. The number of halogens is 1. The Labute approximate surface area is 148 Å². The zero-order valence-corrected chi connectivity index (χ0v) is 14.7. The molecule has 1 fully saturated rings. The number of amides is 1. The first kappa shape index (κ1) is 20.3. The Hall–Kier alpha value is -1.79. The predicted molar refractivity (Wildman–Crippen MR) is 92.9 cm³/mol. The highest BCUT2D eigenvalue weighted by Crippen LogP contribution is 2.24. The molecule has 0 radical (unpaired) electrons. The second-order valence-corrected chi connectivity index (χ2v) is 5.87. The van der Waals surface area contributed by atoms with Crippen LogP contribution in [0.4, 0.5) is 4.79 Å². The molecule has 0 saturated carbocycles. The largest absolute Gasteiger partial charge is 0.466 e. The number of carbonyl (C=O) groups is 2. The first-order valence-electron chi connectivity index (χ1n) is 7.92. The molecule has 0 atom stereocenters. The zero-order chi connectivity index (χ0) is 16.7. The molecule has 0 bridgehead atoms. The van der Waals surface area contributed by atoms with E-state index in [2.05, 4.69) is 0 Å². The summed E-state index contributed by atoms with van der Waals surface area (Å²) in [5.41, 5.74) is 6.60. The van der Waals surface area contributed by atoms with Gasteiger partial charge in [-0.3, -0.25) is 4.79 Å². The van der Waals surface area contributed by atoms with E-state index in [0.29, 0.717) is 32.5 Å². The van der Waals surface area contributed by atoms with E-state index in [0.717, 1.165) is 5.56 Å². The molecule has 0 aromatic heterocycles. The van der Waals surface area contributed by atoms with Gasteiger partial charge in [0.1, 0.15) is 6.61 Å². The van der Waals surface area contributed by atoms with Crippen molar-refractivity contribution in [2.45, 2.75) is 38.3 Å². The standard InChI is InChI=1S/C17H24N2O4.ClH/c1-2-22-15(20)12-17(18)8-10-19(11-9-17)16(21)23-13-14-6-4-3-5-7-14;/h3-7H,2,8-13,18H2,1H3;1H. The zero-order valence-electron chi connectivity index (χ0n) is 13.9. The minimum absolute atomic E-state index is 0. The number of hydrogen-bond acceptors (Lipinski definition) is 5. The molecule has 0 unspecified atom stereocenters. The molecule has 1 aromatic carbocycles. The fourth-order valence-electron chi connectivity index (χ4n) is 2.62. The van der Waals surface area contributed by atoms with Crippen molar-refractivity contribution in [1.29, 1.82) is 0 Å². The van der Waals surface area contributed by atoms with Crippen LogP contribution in [0.2, 0.25) is 0 Å². The van der Waals surface area contributed by atoms with Crippen LogP contribution in [-0.4, -0.2) is 42.2 Å². The summed E-state index contributed by atoms with van der Waals surface area (Å²) in [5.74, 6) is -0.282. The summed E-state index contributed by atoms with van der Waals surface area (Å²) in [7, 11) is 0. The topological polar surface area (TPSA) is 81.9 Å². The Balaban J connectivity index is 0.00000288. The number of nitrogens with zero attached hydrogens (tertiary/aromatic N) is 1. The summed E-state index contributed by atoms with van der Waals surface area (Å²) in [6.45, 7) is 3.36. The number of benzene rings is 1. The third-order valence-electron chi connectivity index (χ3n) is 4.02. The van der Waals surface area contributed by atoms with E-state index < -0.39 is 5.54 Å². The molecule has 0 spiro atoms. The van der Waals surface area contributed by atoms with Gasteiger partial charge in [-0.25, -0.2) is 4.79 Å². The summed E-state index contributed by atoms with van der Waals surface area (Å²) >= 11 is 0. The van der Waals surface area contributed by atoms with Crippen molar-refractivity contribution >= 4 is 24.5 Å². The van der Waals surface area contributed by atoms with E-state index in [1.54, 1.807) is 11.8 Å². The van der Waals surface area contributed by atoms with Crippen LogP contribution in [-0.2, 0) is 20.9 Å². The van der Waals surface area contributed by atoms with Crippen molar-refractivity contribution in [2.24, 2.45) is 5.73 Å². The summed E-state index contributed by atoms with van der Waals surface area (Å²) < 4.78 is 10.3. The number of rotatable bonds is 5. The number of esters is 1. The Bertz CT molecular complexity index is 531. The van der Waals surface area contributed by atoms with Crippen molar-refractivity contribution < 1.29 is 19.1 Å². The molecule has 7 heteroatoms. The molecular weight excluding hydrogens is 332 g/mol. The van der Waals surface area contributed by atoms with Crippen LogP contribution in [0.1, 0.15) is 31.7 Å². The van der Waals surface area contributed by atoms with Gasteiger partial charge in [0.2, 0.25) is 0 Å². The summed E-state index contributed by atoms with van der Waals surface area (Å²) in [6, 6.07) is 9.55. The molecule has 0 aliphatic carbocycles. The van der Waals surface area contributed by atoms with Gasteiger partial charge in [0.25, 0.3) is 0 Å². The van der Waals surface area contributed by atoms with Crippen molar-refractivity contribution in [3.05, 3.63) is 35.9 Å². The van der Waals surface area contributed by atoms with Crippen LogP contribution >= 0.6 is 12.4 Å². The third kappa shape index (κ3) is 6.02. The van der Waals surface area contributed by atoms with Crippen LogP contribution in [0.5, 0.6) is 0 Å². The number of carbonyl (C=O) groups excluding carboxylic acids is 2. The maximum absolute atomic E-state index is 12.1. The smallest absolute Gasteiger partial charge is 0.410 e. The second-order valence-electron chi connectivity index (χ2n) is 5.87. The number of ether oxygens (including phenoxy) is 2. The SMILES string of the molecule is CCOC(=O)CC1(N)CCN(C(=O)OCc2ccccc2)CC1.Cl. The number of likely N-dealkylation sites (tertiary alicyclic amines) is 1. The minimum Gasteiger partial charge on any atom is -0.466 e. The molecule has 1 amide bonds. The second kappa shape index (κ2) is 9.49. The number of piperidine rings is 1. The van der Waals surface area contributed by atoms with E-state index in [1.807, 2.05) is 30.3 Å². The first-order valence-corrected chi connectivity index (χ1v) is 7.92. The van der Waals surface area contributed by atoms with Gasteiger partial charge in [-0.15, -0.1) is 12.4 Å². The molecule has 1 heterocycles. The fraction of sp³-hybridized carbons (Fsp3) is 0.529. The predicted octanol–water partition coefficient (Wildman–Crippen LogP) is 2.49. The monoisotopic (exact) mass is 356 g/mol. The average Bonchev–Trinajstić information content (AvgIpc) is 2.54. The van der Waals surface area contributed by atoms with Gasteiger partial charge < -0.3 is 20.1 Å². The lowest BCUT2D eigenvalue weighted by Gasteiger charge is -2.38. The van der Waals surface area contributed by atoms with Crippen LogP contribution in [0.3, 0.4) is 0 Å². The van der Waals surface area contributed by atoms with Crippen LogP contribution in [0.15, 0.2) is 30.3 Å². The van der Waals surface area contributed by atoms with Crippen molar-refractivity contribution in [3.8, 4) is 0 Å². The maximum atomic E-state index is 12.1. The summed E-state index contributed by atoms with van der Waals surface area (Å²) in [5, 5.41) is 0. The highest BCUT2D eigenvalue weighted by molar-refractivity contribution is 5.85. The minimum atomic E-state index is -0.595. The van der Waals surface area contributed by atoms with Gasteiger partial charge >= 0.3 is 12.1 Å². The third-order valence-corrected chi connectivity index (χ3v) is 4.02. The molecular formula is C17H25ClN2O4.